The molecule has 0 aliphatic carbocycles. The van der Waals surface area contributed by atoms with Crippen LogP contribution in [-0.4, -0.2) is 12.6 Å². The lowest BCUT2D eigenvalue weighted by atomic mass is 10.1. The van der Waals surface area contributed by atoms with Gasteiger partial charge < -0.3 is 5.32 Å². The Hall–Kier alpha value is -0.300. The molecule has 0 bridgehead atoms. The van der Waals surface area contributed by atoms with E-state index in [0.717, 1.165) is 6.54 Å². The maximum Gasteiger partial charge on any atom is 0.0253 e. The molecule has 12 heavy (non-hydrogen) atoms. The summed E-state index contributed by atoms with van der Waals surface area (Å²) in [5, 5.41) is 3.44. The summed E-state index contributed by atoms with van der Waals surface area (Å²) in [5.41, 5.74) is 0. The van der Waals surface area contributed by atoms with Crippen molar-refractivity contribution < 1.29 is 0 Å². The van der Waals surface area contributed by atoms with Crippen LogP contribution >= 0.6 is 0 Å². The molecule has 1 aliphatic heterocycles. The predicted octanol–water partition coefficient (Wildman–Crippen LogP) is 2.87. The van der Waals surface area contributed by atoms with Crippen LogP contribution < -0.4 is 5.32 Å². The molecule has 1 heterocycles. The van der Waals surface area contributed by atoms with E-state index in [1.54, 1.807) is 0 Å². The van der Waals surface area contributed by atoms with Gasteiger partial charge in [-0.25, -0.2) is 0 Å². The van der Waals surface area contributed by atoms with Gasteiger partial charge in [-0.3, -0.25) is 0 Å². The van der Waals surface area contributed by atoms with Crippen molar-refractivity contribution in [2.24, 2.45) is 0 Å². The van der Waals surface area contributed by atoms with Crippen LogP contribution in [0.2, 0.25) is 0 Å². The third kappa shape index (κ3) is 3.91. The molecule has 0 aromatic rings. The largest absolute Gasteiger partial charge is 0.307 e. The van der Waals surface area contributed by atoms with Gasteiger partial charge >= 0.3 is 0 Å². The van der Waals surface area contributed by atoms with Crippen molar-refractivity contribution in [2.45, 2.75) is 51.5 Å². The number of nitrogens with one attached hydrogen (secondary N) is 1. The summed E-state index contributed by atoms with van der Waals surface area (Å²) >= 11 is 0. The first kappa shape index (κ1) is 9.79. The van der Waals surface area contributed by atoms with E-state index < -0.39 is 0 Å². The number of hydrogen-bond donors (Lipinski definition) is 1. The zero-order chi connectivity index (χ0) is 8.65. The van der Waals surface area contributed by atoms with Gasteiger partial charge in [0, 0.05) is 12.6 Å². The molecule has 0 spiro atoms. The minimum Gasteiger partial charge on any atom is -0.307 e. The average molecular weight is 167 g/mol. The Morgan fingerprint density at radius 3 is 2.75 bits per heavy atom. The molecule has 0 radical (unpaired) electrons. The maximum absolute atomic E-state index is 3.44. The second-order valence-corrected chi connectivity index (χ2v) is 3.65. The van der Waals surface area contributed by atoms with E-state index in [4.69, 9.17) is 0 Å². The maximum atomic E-state index is 3.44. The van der Waals surface area contributed by atoms with Gasteiger partial charge in [-0.05, 0) is 6.42 Å². The van der Waals surface area contributed by atoms with E-state index in [9.17, 15) is 0 Å². The van der Waals surface area contributed by atoms with Crippen LogP contribution in [0.3, 0.4) is 0 Å². The standard InChI is InChI=1S/C11H21N/c1-2-3-4-5-6-8-11-9-7-10-12-11/h7,9,11-12H,2-6,8,10H2,1H3/t11-/m1/s1. The molecule has 1 heteroatoms. The molecule has 1 N–H and O–H groups in total. The monoisotopic (exact) mass is 167 g/mol. The SMILES string of the molecule is CCCCCCC[C@@H]1C=CCN1. The van der Waals surface area contributed by atoms with Gasteiger partial charge in [0.15, 0.2) is 0 Å². The first-order chi connectivity index (χ1) is 5.93. The molecule has 0 aromatic heterocycles. The Kier molecular flexibility index (Phi) is 5.09. The smallest absolute Gasteiger partial charge is 0.0253 e. The van der Waals surface area contributed by atoms with E-state index in [1.807, 2.05) is 0 Å². The quantitative estimate of drug-likeness (QED) is 0.474. The average Bonchev–Trinajstić information content (AvgIpc) is 2.57. The Morgan fingerprint density at radius 1 is 1.25 bits per heavy atom. The van der Waals surface area contributed by atoms with Crippen molar-refractivity contribution >= 4 is 0 Å². The van der Waals surface area contributed by atoms with Crippen LogP contribution in [-0.2, 0) is 0 Å². The fourth-order valence-corrected chi connectivity index (χ4v) is 1.69. The molecule has 1 atom stereocenters. The summed E-state index contributed by atoms with van der Waals surface area (Å²) in [6.45, 7) is 3.35. The summed E-state index contributed by atoms with van der Waals surface area (Å²) in [6, 6.07) is 0.687. The van der Waals surface area contributed by atoms with Crippen molar-refractivity contribution in [2.75, 3.05) is 6.54 Å². The molecule has 1 rings (SSSR count). The number of rotatable bonds is 6. The minimum atomic E-state index is 0.687. The van der Waals surface area contributed by atoms with Gasteiger partial charge in [-0.15, -0.1) is 0 Å². The van der Waals surface area contributed by atoms with Crippen molar-refractivity contribution in [3.05, 3.63) is 12.2 Å². The van der Waals surface area contributed by atoms with E-state index >= 15 is 0 Å². The number of hydrogen-bond acceptors (Lipinski definition) is 1. The normalized spacial score (nSPS) is 21.9. The highest BCUT2D eigenvalue weighted by molar-refractivity contribution is 5.01. The van der Waals surface area contributed by atoms with Crippen molar-refractivity contribution in [3.63, 3.8) is 0 Å². The molecular formula is C11H21N. The predicted molar refractivity (Wildman–Crippen MR) is 54.3 cm³/mol. The zero-order valence-electron chi connectivity index (χ0n) is 8.18. The molecule has 0 saturated carbocycles. The second-order valence-electron chi connectivity index (χ2n) is 3.65. The van der Waals surface area contributed by atoms with E-state index in [-0.39, 0.29) is 0 Å². The Labute approximate surface area is 76.2 Å². The Morgan fingerprint density at radius 2 is 2.08 bits per heavy atom. The van der Waals surface area contributed by atoms with Crippen LogP contribution in [0.5, 0.6) is 0 Å². The molecule has 1 nitrogen and oxygen atoms in total. The molecular weight excluding hydrogens is 146 g/mol. The van der Waals surface area contributed by atoms with Crippen molar-refractivity contribution in [1.82, 2.24) is 5.32 Å². The van der Waals surface area contributed by atoms with E-state index in [0.29, 0.717) is 6.04 Å². The minimum absolute atomic E-state index is 0.687. The van der Waals surface area contributed by atoms with Crippen LogP contribution in [0.25, 0.3) is 0 Å². The molecule has 1 aliphatic rings. The lowest BCUT2D eigenvalue weighted by Crippen LogP contribution is -2.21. The van der Waals surface area contributed by atoms with Gasteiger partial charge in [0.05, 0.1) is 0 Å². The summed E-state index contributed by atoms with van der Waals surface area (Å²) in [6.07, 6.45) is 12.9. The number of unbranched alkanes of at least 4 members (excludes halogenated alkanes) is 4. The highest BCUT2D eigenvalue weighted by Crippen LogP contribution is 2.09. The van der Waals surface area contributed by atoms with Gasteiger partial charge in [-0.2, -0.15) is 0 Å². The van der Waals surface area contributed by atoms with Crippen LogP contribution in [0.4, 0.5) is 0 Å². The zero-order valence-corrected chi connectivity index (χ0v) is 8.18. The van der Waals surface area contributed by atoms with Crippen molar-refractivity contribution in [1.29, 1.82) is 0 Å². The molecule has 0 amide bonds. The summed E-state index contributed by atoms with van der Waals surface area (Å²) in [7, 11) is 0. The molecule has 0 saturated heterocycles. The summed E-state index contributed by atoms with van der Waals surface area (Å²) in [5.74, 6) is 0. The Bertz CT molecular complexity index is 129. The fraction of sp³-hybridized carbons (Fsp3) is 0.818. The van der Waals surface area contributed by atoms with Gasteiger partial charge in [0.1, 0.15) is 0 Å². The first-order valence-corrected chi connectivity index (χ1v) is 5.33. The summed E-state index contributed by atoms with van der Waals surface area (Å²) in [4.78, 5) is 0. The van der Waals surface area contributed by atoms with Crippen LogP contribution in [0.1, 0.15) is 45.4 Å². The van der Waals surface area contributed by atoms with Gasteiger partial charge in [0.2, 0.25) is 0 Å². The Balaban J connectivity index is 1.85. The van der Waals surface area contributed by atoms with E-state index in [1.165, 1.54) is 38.5 Å². The van der Waals surface area contributed by atoms with E-state index in [2.05, 4.69) is 24.4 Å². The molecule has 0 unspecified atom stereocenters. The molecule has 70 valence electrons. The van der Waals surface area contributed by atoms with Gasteiger partial charge in [-0.1, -0.05) is 51.2 Å². The lowest BCUT2D eigenvalue weighted by molar-refractivity contribution is 0.545. The lowest BCUT2D eigenvalue weighted by Gasteiger charge is -2.07. The first-order valence-electron chi connectivity index (χ1n) is 5.33. The topological polar surface area (TPSA) is 12.0 Å². The highest BCUT2D eigenvalue weighted by atomic mass is 14.9. The summed E-state index contributed by atoms with van der Waals surface area (Å²) < 4.78 is 0. The fourth-order valence-electron chi connectivity index (χ4n) is 1.69. The third-order valence-corrected chi connectivity index (χ3v) is 2.48. The van der Waals surface area contributed by atoms with Crippen LogP contribution in [0, 0.1) is 0 Å². The third-order valence-electron chi connectivity index (χ3n) is 2.48. The molecule has 0 fully saturated rings. The molecule has 0 aromatic carbocycles. The van der Waals surface area contributed by atoms with Gasteiger partial charge in [0.25, 0.3) is 0 Å². The van der Waals surface area contributed by atoms with Crippen LogP contribution in [0.15, 0.2) is 12.2 Å². The second kappa shape index (κ2) is 6.24. The van der Waals surface area contributed by atoms with Crippen molar-refractivity contribution in [3.8, 4) is 0 Å². The highest BCUT2D eigenvalue weighted by Gasteiger charge is 2.05.